The second-order valence-corrected chi connectivity index (χ2v) is 10.4. The van der Waals surface area contributed by atoms with E-state index in [-0.39, 0.29) is 11.9 Å². The van der Waals surface area contributed by atoms with E-state index in [0.29, 0.717) is 48.9 Å². The molecule has 2 N–H and O–H groups in total. The number of rotatable bonds is 7. The van der Waals surface area contributed by atoms with E-state index in [1.807, 2.05) is 51.4 Å². The van der Waals surface area contributed by atoms with Crippen molar-refractivity contribution in [1.82, 2.24) is 29.9 Å². The number of pyridine rings is 2. The van der Waals surface area contributed by atoms with Crippen LogP contribution in [0.3, 0.4) is 0 Å². The van der Waals surface area contributed by atoms with Gasteiger partial charge in [0.1, 0.15) is 27.9 Å². The SMILES string of the molecule is CCOC(=O)[C@H]1CC[C@](O)(c2ncc(-c3cc(C)cc(Nc4cc(-c5cn(C)nn5)ccn4)n3)s2)CC1. The molecular weight excluding hydrogens is 490 g/mol. The van der Waals surface area contributed by atoms with Crippen LogP contribution in [0.2, 0.25) is 0 Å². The molecule has 0 atom stereocenters. The molecule has 4 heterocycles. The smallest absolute Gasteiger partial charge is 0.308 e. The van der Waals surface area contributed by atoms with E-state index in [0.717, 1.165) is 27.4 Å². The predicted molar refractivity (Wildman–Crippen MR) is 140 cm³/mol. The summed E-state index contributed by atoms with van der Waals surface area (Å²) in [5.41, 5.74) is 2.41. The number of carbonyl (C=O) groups excluding carboxylic acids is 1. The van der Waals surface area contributed by atoms with E-state index in [2.05, 4.69) is 25.6 Å². The van der Waals surface area contributed by atoms with Crippen molar-refractivity contribution in [2.24, 2.45) is 13.0 Å². The van der Waals surface area contributed by atoms with Crippen LogP contribution in [0.15, 0.2) is 42.9 Å². The Hall–Kier alpha value is -3.70. The zero-order chi connectivity index (χ0) is 26.0. The van der Waals surface area contributed by atoms with E-state index < -0.39 is 5.60 Å². The number of thiazole rings is 1. The molecule has 10 nitrogen and oxygen atoms in total. The van der Waals surface area contributed by atoms with Gasteiger partial charge in [0.05, 0.1) is 29.3 Å². The Morgan fingerprint density at radius 2 is 2.03 bits per heavy atom. The Kier molecular flexibility index (Phi) is 6.98. The van der Waals surface area contributed by atoms with Crippen LogP contribution in [0.25, 0.3) is 21.8 Å². The molecule has 0 amide bonds. The maximum atomic E-state index is 12.1. The van der Waals surface area contributed by atoms with Crippen molar-refractivity contribution in [3.05, 3.63) is 53.4 Å². The summed E-state index contributed by atoms with van der Waals surface area (Å²) in [5.74, 6) is 0.963. The summed E-state index contributed by atoms with van der Waals surface area (Å²) >= 11 is 1.44. The monoisotopic (exact) mass is 519 g/mol. The average molecular weight is 520 g/mol. The highest BCUT2D eigenvalue weighted by Crippen LogP contribution is 2.42. The first-order valence-electron chi connectivity index (χ1n) is 12.3. The van der Waals surface area contributed by atoms with Crippen molar-refractivity contribution in [1.29, 1.82) is 0 Å². The minimum absolute atomic E-state index is 0.159. The number of ether oxygens (including phenoxy) is 1. The minimum atomic E-state index is -1.04. The lowest BCUT2D eigenvalue weighted by Crippen LogP contribution is -2.34. The van der Waals surface area contributed by atoms with Crippen LogP contribution in [0, 0.1) is 12.8 Å². The third kappa shape index (κ3) is 5.52. The van der Waals surface area contributed by atoms with Crippen molar-refractivity contribution >= 4 is 28.9 Å². The fourth-order valence-corrected chi connectivity index (χ4v) is 5.56. The number of aromatic nitrogens is 6. The van der Waals surface area contributed by atoms with Crippen LogP contribution in [-0.4, -0.2) is 47.6 Å². The van der Waals surface area contributed by atoms with Gasteiger partial charge < -0.3 is 15.2 Å². The van der Waals surface area contributed by atoms with Gasteiger partial charge in [0.25, 0.3) is 0 Å². The number of nitrogens with zero attached hydrogens (tertiary/aromatic N) is 6. The van der Waals surface area contributed by atoms with Gasteiger partial charge in [-0.15, -0.1) is 16.4 Å². The number of hydrogen-bond acceptors (Lipinski definition) is 10. The maximum Gasteiger partial charge on any atom is 0.308 e. The Balaban J connectivity index is 1.33. The number of nitrogens with one attached hydrogen (secondary N) is 1. The van der Waals surface area contributed by atoms with Crippen molar-refractivity contribution in [2.45, 2.75) is 45.1 Å². The van der Waals surface area contributed by atoms with E-state index in [1.165, 1.54) is 11.3 Å². The fraction of sp³-hybridized carbons (Fsp3) is 0.385. The zero-order valence-corrected chi connectivity index (χ0v) is 21.8. The zero-order valence-electron chi connectivity index (χ0n) is 21.0. The fourth-order valence-electron chi connectivity index (χ4n) is 4.54. The summed E-state index contributed by atoms with van der Waals surface area (Å²) in [4.78, 5) is 26.7. The highest BCUT2D eigenvalue weighted by atomic mass is 32.1. The lowest BCUT2D eigenvalue weighted by Gasteiger charge is -2.33. The highest BCUT2D eigenvalue weighted by molar-refractivity contribution is 7.15. The van der Waals surface area contributed by atoms with Gasteiger partial charge >= 0.3 is 5.97 Å². The number of aliphatic hydroxyl groups is 1. The molecule has 0 saturated heterocycles. The highest BCUT2D eigenvalue weighted by Gasteiger charge is 2.39. The summed E-state index contributed by atoms with van der Waals surface area (Å²) in [6.07, 6.45) is 7.45. The predicted octanol–water partition coefficient (Wildman–Crippen LogP) is 4.39. The van der Waals surface area contributed by atoms with Gasteiger partial charge in [0, 0.05) is 25.0 Å². The van der Waals surface area contributed by atoms with E-state index >= 15 is 0 Å². The lowest BCUT2D eigenvalue weighted by atomic mass is 9.79. The van der Waals surface area contributed by atoms with Crippen LogP contribution < -0.4 is 5.32 Å². The molecule has 4 aromatic heterocycles. The van der Waals surface area contributed by atoms with Crippen LogP contribution in [0.1, 0.15) is 43.2 Å². The van der Waals surface area contributed by atoms with Crippen molar-refractivity contribution < 1.29 is 14.6 Å². The number of hydrogen-bond donors (Lipinski definition) is 2. The first-order valence-corrected chi connectivity index (χ1v) is 13.1. The molecule has 0 aliphatic heterocycles. The van der Waals surface area contributed by atoms with E-state index in [1.54, 1.807) is 17.1 Å². The number of anilines is 2. The molecular formula is C26H29N7O3S. The summed E-state index contributed by atoms with van der Waals surface area (Å²) in [7, 11) is 1.83. The normalized spacial score (nSPS) is 19.5. The largest absolute Gasteiger partial charge is 0.466 e. The van der Waals surface area contributed by atoms with Crippen molar-refractivity contribution in [3.63, 3.8) is 0 Å². The van der Waals surface area contributed by atoms with Gasteiger partial charge in [-0.3, -0.25) is 9.48 Å². The second kappa shape index (κ2) is 10.3. The lowest BCUT2D eigenvalue weighted by molar-refractivity contribution is -0.151. The maximum absolute atomic E-state index is 12.1. The Labute approximate surface area is 218 Å². The Bertz CT molecular complexity index is 1410. The molecule has 0 radical (unpaired) electrons. The molecule has 37 heavy (non-hydrogen) atoms. The summed E-state index contributed by atoms with van der Waals surface area (Å²) < 4.78 is 6.81. The van der Waals surface area contributed by atoms with Crippen LogP contribution in [0.4, 0.5) is 11.6 Å². The van der Waals surface area contributed by atoms with Crippen LogP contribution in [0.5, 0.6) is 0 Å². The molecule has 0 unspecified atom stereocenters. The number of esters is 1. The summed E-state index contributed by atoms with van der Waals surface area (Å²) in [6.45, 7) is 4.19. The number of aryl methyl sites for hydroxylation is 2. The van der Waals surface area contributed by atoms with Gasteiger partial charge in [-0.05, 0) is 69.4 Å². The summed E-state index contributed by atoms with van der Waals surface area (Å²) in [5, 5.41) is 23.4. The molecule has 1 saturated carbocycles. The molecule has 0 bridgehead atoms. The Morgan fingerprint density at radius 3 is 2.76 bits per heavy atom. The topological polar surface area (TPSA) is 128 Å². The molecule has 1 aliphatic carbocycles. The summed E-state index contributed by atoms with van der Waals surface area (Å²) in [6, 6.07) is 7.73. The van der Waals surface area contributed by atoms with Gasteiger partial charge in [-0.2, -0.15) is 0 Å². The van der Waals surface area contributed by atoms with E-state index in [4.69, 9.17) is 9.72 Å². The molecule has 192 valence electrons. The molecule has 0 aromatic carbocycles. The molecule has 0 spiro atoms. The van der Waals surface area contributed by atoms with Gasteiger partial charge in [0.15, 0.2) is 0 Å². The van der Waals surface area contributed by atoms with Crippen molar-refractivity contribution in [3.8, 4) is 21.8 Å². The molecule has 5 rings (SSSR count). The van der Waals surface area contributed by atoms with Gasteiger partial charge in [-0.1, -0.05) is 5.21 Å². The first kappa shape index (κ1) is 25.0. The van der Waals surface area contributed by atoms with Crippen LogP contribution in [-0.2, 0) is 22.2 Å². The number of carbonyl (C=O) groups is 1. The van der Waals surface area contributed by atoms with Gasteiger partial charge in [0.2, 0.25) is 0 Å². The molecule has 1 fully saturated rings. The van der Waals surface area contributed by atoms with Gasteiger partial charge in [-0.25, -0.2) is 15.0 Å². The average Bonchev–Trinajstić information content (AvgIpc) is 3.55. The third-order valence-electron chi connectivity index (χ3n) is 6.47. The molecule has 11 heteroatoms. The van der Waals surface area contributed by atoms with Crippen molar-refractivity contribution in [2.75, 3.05) is 11.9 Å². The van der Waals surface area contributed by atoms with E-state index in [9.17, 15) is 9.90 Å². The molecule has 1 aliphatic rings. The minimum Gasteiger partial charge on any atom is -0.466 e. The second-order valence-electron chi connectivity index (χ2n) is 9.33. The van der Waals surface area contributed by atoms with Crippen LogP contribution >= 0.6 is 11.3 Å². The standard InChI is InChI=1S/C26H29N7O3S/c1-4-36-24(34)17-5-8-26(35,9-6-17)25-28-14-21(37-25)19-11-16(2)12-23(29-19)30-22-13-18(7-10-27-22)20-15-33(3)32-31-20/h7,10-15,17,35H,4-6,8-9H2,1-3H3,(H,27,29,30)/t17-,26+. The molecule has 4 aromatic rings. The first-order chi connectivity index (χ1) is 17.8. The third-order valence-corrected chi connectivity index (χ3v) is 7.69. The quantitative estimate of drug-likeness (QED) is 0.342. The Morgan fingerprint density at radius 1 is 1.22 bits per heavy atom.